The van der Waals surface area contributed by atoms with Crippen LogP contribution in [0.5, 0.6) is 0 Å². The molecule has 0 heterocycles. The molecule has 1 unspecified atom stereocenters. The van der Waals surface area contributed by atoms with Crippen molar-refractivity contribution in [3.05, 3.63) is 34.1 Å². The van der Waals surface area contributed by atoms with Crippen LogP contribution >= 0.6 is 15.9 Å². The molecular weight excluding hydrogens is 317 g/mol. The van der Waals surface area contributed by atoms with E-state index in [2.05, 4.69) is 28.2 Å². The summed E-state index contributed by atoms with van der Waals surface area (Å²) in [7, 11) is 0. The minimum absolute atomic E-state index is 0.165. The van der Waals surface area contributed by atoms with Crippen LogP contribution in [0.4, 0.5) is 4.39 Å². The Balaban J connectivity index is 2.01. The lowest BCUT2D eigenvalue weighted by molar-refractivity contribution is 0.321. The van der Waals surface area contributed by atoms with Gasteiger partial charge in [-0.1, -0.05) is 54.6 Å². The van der Waals surface area contributed by atoms with E-state index in [1.807, 2.05) is 6.07 Å². The average Bonchev–Trinajstić information content (AvgIpc) is 2.94. The molecule has 112 valence electrons. The van der Waals surface area contributed by atoms with Crippen LogP contribution in [0.1, 0.15) is 44.6 Å². The Labute approximate surface area is 130 Å². The van der Waals surface area contributed by atoms with Gasteiger partial charge < -0.3 is 5.32 Å². The van der Waals surface area contributed by atoms with E-state index < -0.39 is 0 Å². The monoisotopic (exact) mass is 341 g/mol. The highest BCUT2D eigenvalue weighted by Gasteiger charge is 2.25. The van der Waals surface area contributed by atoms with Crippen LogP contribution in [0.3, 0.4) is 0 Å². The van der Waals surface area contributed by atoms with Crippen molar-refractivity contribution in [1.29, 1.82) is 0 Å². The van der Waals surface area contributed by atoms with Gasteiger partial charge in [0.05, 0.1) is 0 Å². The Hall–Kier alpha value is -0.410. The number of benzene rings is 1. The Kier molecular flexibility index (Phi) is 6.50. The predicted molar refractivity (Wildman–Crippen MR) is 86.4 cm³/mol. The fourth-order valence-corrected chi connectivity index (χ4v) is 3.78. The molecule has 1 aliphatic rings. The van der Waals surface area contributed by atoms with Crippen molar-refractivity contribution in [3.8, 4) is 0 Å². The van der Waals surface area contributed by atoms with Crippen LogP contribution in [-0.4, -0.2) is 13.1 Å². The normalized spacial score (nSPS) is 17.6. The minimum atomic E-state index is -0.165. The topological polar surface area (TPSA) is 12.0 Å². The second kappa shape index (κ2) is 8.14. The summed E-state index contributed by atoms with van der Waals surface area (Å²) < 4.78 is 14.1. The van der Waals surface area contributed by atoms with Crippen molar-refractivity contribution in [2.75, 3.05) is 13.1 Å². The summed E-state index contributed by atoms with van der Waals surface area (Å²) in [6, 6.07) is 5.09. The molecule has 0 aliphatic heterocycles. The third-order valence-electron chi connectivity index (χ3n) is 4.40. The first kappa shape index (κ1) is 16.0. The van der Waals surface area contributed by atoms with E-state index in [4.69, 9.17) is 0 Å². The van der Waals surface area contributed by atoms with E-state index in [-0.39, 0.29) is 5.82 Å². The van der Waals surface area contributed by atoms with Crippen molar-refractivity contribution >= 4 is 15.9 Å². The standard InChI is InChI=1S/C17H25BrFN/c1-2-9-20-12-15(13-5-3-4-6-13)10-14-7-8-16(19)11-17(14)18/h7-8,11,13,15,20H,2-6,9-10,12H2,1H3. The van der Waals surface area contributed by atoms with E-state index in [1.54, 1.807) is 12.1 Å². The van der Waals surface area contributed by atoms with Crippen molar-refractivity contribution in [2.45, 2.75) is 45.4 Å². The highest BCUT2D eigenvalue weighted by Crippen LogP contribution is 2.34. The lowest BCUT2D eigenvalue weighted by Crippen LogP contribution is -2.29. The predicted octanol–water partition coefficient (Wildman–Crippen LogP) is 4.94. The van der Waals surface area contributed by atoms with Gasteiger partial charge in [-0.15, -0.1) is 0 Å². The summed E-state index contributed by atoms with van der Waals surface area (Å²) in [6.45, 7) is 4.38. The molecule has 1 saturated carbocycles. The maximum atomic E-state index is 13.2. The fraction of sp³-hybridized carbons (Fsp3) is 0.647. The number of halogens is 2. The first-order chi connectivity index (χ1) is 9.70. The lowest BCUT2D eigenvalue weighted by Gasteiger charge is -2.24. The first-order valence-corrected chi connectivity index (χ1v) is 8.64. The quantitative estimate of drug-likeness (QED) is 0.693. The molecular formula is C17H25BrFN. The number of hydrogen-bond donors (Lipinski definition) is 1. The van der Waals surface area contributed by atoms with Gasteiger partial charge >= 0.3 is 0 Å². The van der Waals surface area contributed by atoms with Gasteiger partial charge in [0, 0.05) is 4.47 Å². The molecule has 0 radical (unpaired) electrons. The molecule has 2 rings (SSSR count). The summed E-state index contributed by atoms with van der Waals surface area (Å²) in [5.41, 5.74) is 1.24. The van der Waals surface area contributed by atoms with E-state index in [0.29, 0.717) is 5.92 Å². The average molecular weight is 342 g/mol. The molecule has 0 saturated heterocycles. The van der Waals surface area contributed by atoms with Gasteiger partial charge in [0.25, 0.3) is 0 Å². The number of nitrogens with one attached hydrogen (secondary N) is 1. The van der Waals surface area contributed by atoms with Gasteiger partial charge in [-0.05, 0) is 55.5 Å². The zero-order valence-corrected chi connectivity index (χ0v) is 13.9. The fourth-order valence-electron chi connectivity index (χ4n) is 3.27. The van der Waals surface area contributed by atoms with E-state index >= 15 is 0 Å². The highest BCUT2D eigenvalue weighted by atomic mass is 79.9. The molecule has 3 heteroatoms. The van der Waals surface area contributed by atoms with Crippen LogP contribution in [0.15, 0.2) is 22.7 Å². The van der Waals surface area contributed by atoms with Gasteiger partial charge in [0.1, 0.15) is 5.82 Å². The molecule has 0 bridgehead atoms. The lowest BCUT2D eigenvalue weighted by atomic mass is 9.85. The Bertz CT molecular complexity index is 415. The summed E-state index contributed by atoms with van der Waals surface area (Å²) in [6.07, 6.45) is 7.69. The molecule has 0 aromatic heterocycles. The second-order valence-electron chi connectivity index (χ2n) is 5.95. The summed E-state index contributed by atoms with van der Waals surface area (Å²) >= 11 is 3.51. The molecule has 1 N–H and O–H groups in total. The molecule has 1 atom stereocenters. The van der Waals surface area contributed by atoms with E-state index in [9.17, 15) is 4.39 Å². The number of rotatable bonds is 7. The highest BCUT2D eigenvalue weighted by molar-refractivity contribution is 9.10. The molecule has 0 spiro atoms. The molecule has 0 amide bonds. The first-order valence-electron chi connectivity index (χ1n) is 7.85. The van der Waals surface area contributed by atoms with Crippen LogP contribution in [-0.2, 0) is 6.42 Å². The molecule has 1 aromatic carbocycles. The van der Waals surface area contributed by atoms with Crippen molar-refractivity contribution in [2.24, 2.45) is 11.8 Å². The minimum Gasteiger partial charge on any atom is -0.316 e. The zero-order chi connectivity index (χ0) is 14.4. The van der Waals surface area contributed by atoms with Gasteiger partial charge in [-0.2, -0.15) is 0 Å². The van der Waals surface area contributed by atoms with Gasteiger partial charge in [0.15, 0.2) is 0 Å². The molecule has 1 aliphatic carbocycles. The molecule has 1 nitrogen and oxygen atoms in total. The smallest absolute Gasteiger partial charge is 0.124 e. The van der Waals surface area contributed by atoms with Gasteiger partial charge in [0.2, 0.25) is 0 Å². The molecule has 20 heavy (non-hydrogen) atoms. The molecule has 1 aromatic rings. The van der Waals surface area contributed by atoms with Crippen molar-refractivity contribution < 1.29 is 4.39 Å². The molecule has 1 fully saturated rings. The SMILES string of the molecule is CCCNCC(Cc1ccc(F)cc1Br)C1CCCC1. The van der Waals surface area contributed by atoms with Crippen LogP contribution in [0.25, 0.3) is 0 Å². The second-order valence-corrected chi connectivity index (χ2v) is 6.80. The van der Waals surface area contributed by atoms with Crippen LogP contribution < -0.4 is 5.32 Å². The van der Waals surface area contributed by atoms with E-state index in [1.165, 1.54) is 37.7 Å². The Morgan fingerprint density at radius 1 is 1.35 bits per heavy atom. The Morgan fingerprint density at radius 3 is 2.75 bits per heavy atom. The largest absolute Gasteiger partial charge is 0.316 e. The summed E-state index contributed by atoms with van der Waals surface area (Å²) in [4.78, 5) is 0. The maximum absolute atomic E-state index is 13.2. The summed E-state index contributed by atoms with van der Waals surface area (Å²) in [5, 5.41) is 3.57. The zero-order valence-electron chi connectivity index (χ0n) is 12.3. The Morgan fingerprint density at radius 2 is 2.10 bits per heavy atom. The third-order valence-corrected chi connectivity index (χ3v) is 5.14. The van der Waals surface area contributed by atoms with Gasteiger partial charge in [-0.3, -0.25) is 0 Å². The summed E-state index contributed by atoms with van der Waals surface area (Å²) in [5.74, 6) is 1.34. The number of hydrogen-bond acceptors (Lipinski definition) is 1. The van der Waals surface area contributed by atoms with Crippen LogP contribution in [0, 0.1) is 17.7 Å². The maximum Gasteiger partial charge on any atom is 0.124 e. The van der Waals surface area contributed by atoms with Crippen LogP contribution in [0.2, 0.25) is 0 Å². The van der Waals surface area contributed by atoms with Crippen molar-refractivity contribution in [1.82, 2.24) is 5.32 Å². The van der Waals surface area contributed by atoms with Crippen molar-refractivity contribution in [3.63, 3.8) is 0 Å². The van der Waals surface area contributed by atoms with Gasteiger partial charge in [-0.25, -0.2) is 4.39 Å². The third kappa shape index (κ3) is 4.56. The van der Waals surface area contributed by atoms with E-state index in [0.717, 1.165) is 29.9 Å².